The minimum atomic E-state index is -0.585. The molecule has 2 N–H and O–H groups in total. The second-order valence-corrected chi connectivity index (χ2v) is 9.42. The third-order valence-corrected chi connectivity index (χ3v) is 6.24. The minimum Gasteiger partial charge on any atom is -0.451 e. The maximum atomic E-state index is 12.7. The largest absolute Gasteiger partial charge is 0.451 e. The van der Waals surface area contributed by atoms with Gasteiger partial charge in [0.1, 0.15) is 11.3 Å². The van der Waals surface area contributed by atoms with Crippen molar-refractivity contribution in [2.45, 2.75) is 6.92 Å². The fraction of sp³-hybridized carbons (Fsp3) is 0.0385. The molecule has 2 heterocycles. The molecule has 12 heteroatoms. The van der Waals surface area contributed by atoms with E-state index in [2.05, 4.69) is 15.6 Å². The summed E-state index contributed by atoms with van der Waals surface area (Å²) in [5, 5.41) is 17.4. The van der Waals surface area contributed by atoms with Gasteiger partial charge >= 0.3 is 0 Å². The number of aromatic nitrogens is 1. The smallest absolute Gasteiger partial charge is 0.293 e. The highest BCUT2D eigenvalue weighted by atomic mass is 35.5. The lowest BCUT2D eigenvalue weighted by atomic mass is 10.1. The zero-order chi connectivity index (χ0) is 27.0. The molecule has 0 aliphatic carbocycles. The van der Waals surface area contributed by atoms with E-state index in [4.69, 9.17) is 44.3 Å². The summed E-state index contributed by atoms with van der Waals surface area (Å²) in [5.74, 6) is 0.0500. The average molecular weight is 567 g/mol. The van der Waals surface area contributed by atoms with E-state index < -0.39 is 10.8 Å². The number of thiocarbonyl (C=S) groups is 1. The van der Waals surface area contributed by atoms with Crippen LogP contribution in [0.15, 0.2) is 75.6 Å². The topological polar surface area (TPSA) is 123 Å². The number of nitro groups is 1. The van der Waals surface area contributed by atoms with E-state index >= 15 is 0 Å². The van der Waals surface area contributed by atoms with E-state index in [1.54, 1.807) is 30.3 Å². The number of oxazole rings is 1. The number of nitro benzene ring substituents is 1. The number of benzene rings is 3. The predicted molar refractivity (Wildman–Crippen MR) is 149 cm³/mol. The number of nitrogens with zero attached hydrogens (tertiary/aromatic N) is 2. The van der Waals surface area contributed by atoms with E-state index in [0.29, 0.717) is 49.6 Å². The number of fused-ring (bicyclic) bond motifs is 1. The van der Waals surface area contributed by atoms with Gasteiger partial charge in [0, 0.05) is 34.0 Å². The summed E-state index contributed by atoms with van der Waals surface area (Å²) in [4.78, 5) is 27.7. The Bertz CT molecular complexity index is 1750. The summed E-state index contributed by atoms with van der Waals surface area (Å²) < 4.78 is 11.4. The first-order valence-electron chi connectivity index (χ1n) is 11.0. The van der Waals surface area contributed by atoms with Crippen molar-refractivity contribution in [3.63, 3.8) is 0 Å². The minimum absolute atomic E-state index is 0.0110. The van der Waals surface area contributed by atoms with Gasteiger partial charge in [-0.25, -0.2) is 4.98 Å². The molecule has 0 saturated heterocycles. The van der Waals surface area contributed by atoms with Gasteiger partial charge in [-0.15, -0.1) is 0 Å². The van der Waals surface area contributed by atoms with E-state index in [0.717, 1.165) is 5.56 Å². The molecule has 0 aliphatic heterocycles. The van der Waals surface area contributed by atoms with Crippen molar-refractivity contribution in [1.29, 1.82) is 0 Å². The first-order chi connectivity index (χ1) is 18.2. The van der Waals surface area contributed by atoms with Crippen LogP contribution in [0, 0.1) is 17.0 Å². The van der Waals surface area contributed by atoms with Gasteiger partial charge in [0.05, 0.1) is 9.95 Å². The van der Waals surface area contributed by atoms with Crippen molar-refractivity contribution < 1.29 is 18.6 Å². The van der Waals surface area contributed by atoms with Crippen molar-refractivity contribution in [1.82, 2.24) is 10.3 Å². The number of furan rings is 1. The summed E-state index contributed by atoms with van der Waals surface area (Å²) in [6.45, 7) is 1.87. The third-order valence-electron chi connectivity index (χ3n) is 5.54. The van der Waals surface area contributed by atoms with E-state index in [-0.39, 0.29) is 16.6 Å². The van der Waals surface area contributed by atoms with Crippen molar-refractivity contribution in [3.8, 4) is 22.8 Å². The van der Waals surface area contributed by atoms with Gasteiger partial charge in [-0.1, -0.05) is 41.4 Å². The molecule has 9 nitrogen and oxygen atoms in total. The number of aryl methyl sites for hydroxylation is 1. The molecule has 2 aromatic heterocycles. The number of carbonyl (C=O) groups is 1. The number of hydrogen-bond acceptors (Lipinski definition) is 7. The Labute approximate surface area is 230 Å². The molecule has 3 aromatic carbocycles. The zero-order valence-electron chi connectivity index (χ0n) is 19.5. The van der Waals surface area contributed by atoms with Crippen LogP contribution in [-0.4, -0.2) is 20.9 Å². The molecule has 5 rings (SSSR count). The van der Waals surface area contributed by atoms with Crippen molar-refractivity contribution in [3.05, 3.63) is 98.2 Å². The maximum absolute atomic E-state index is 12.7. The highest BCUT2D eigenvalue weighted by Gasteiger charge is 2.17. The van der Waals surface area contributed by atoms with Crippen LogP contribution in [0.3, 0.4) is 0 Å². The van der Waals surface area contributed by atoms with E-state index in [1.807, 2.05) is 19.1 Å². The van der Waals surface area contributed by atoms with E-state index in [9.17, 15) is 14.9 Å². The summed E-state index contributed by atoms with van der Waals surface area (Å²) in [6, 6.07) is 17.6. The molecular formula is C26H16Cl2N4O5S. The Morgan fingerprint density at radius 3 is 2.63 bits per heavy atom. The van der Waals surface area contributed by atoms with Crippen LogP contribution in [0.4, 0.5) is 11.4 Å². The van der Waals surface area contributed by atoms with Crippen molar-refractivity contribution >= 4 is 68.9 Å². The summed E-state index contributed by atoms with van der Waals surface area (Å²) in [6.07, 6.45) is 0. The van der Waals surface area contributed by atoms with Crippen LogP contribution >= 0.6 is 35.4 Å². The van der Waals surface area contributed by atoms with Crippen molar-refractivity contribution in [2.24, 2.45) is 0 Å². The monoisotopic (exact) mass is 566 g/mol. The predicted octanol–water partition coefficient (Wildman–Crippen LogP) is 7.41. The second kappa shape index (κ2) is 10.3. The number of anilines is 1. The molecule has 0 unspecified atom stereocenters. The number of halogens is 2. The lowest BCUT2D eigenvalue weighted by molar-refractivity contribution is -0.384. The fourth-order valence-electron chi connectivity index (χ4n) is 3.68. The van der Waals surface area contributed by atoms with Crippen LogP contribution in [0.5, 0.6) is 0 Å². The Hall–Kier alpha value is -4.25. The summed E-state index contributed by atoms with van der Waals surface area (Å²) in [5.41, 5.74) is 3.46. The van der Waals surface area contributed by atoms with Gasteiger partial charge in [-0.2, -0.15) is 0 Å². The fourth-order valence-corrected chi connectivity index (χ4v) is 4.40. The zero-order valence-corrected chi connectivity index (χ0v) is 21.8. The molecule has 190 valence electrons. The molecule has 38 heavy (non-hydrogen) atoms. The first-order valence-corrected chi connectivity index (χ1v) is 12.2. The lowest BCUT2D eigenvalue weighted by Crippen LogP contribution is -2.34. The van der Waals surface area contributed by atoms with Gasteiger partial charge in [0.15, 0.2) is 16.5 Å². The number of rotatable bonds is 5. The van der Waals surface area contributed by atoms with E-state index in [1.165, 1.54) is 24.3 Å². The third kappa shape index (κ3) is 5.23. The second-order valence-electron chi connectivity index (χ2n) is 8.16. The summed E-state index contributed by atoms with van der Waals surface area (Å²) in [7, 11) is 0. The molecule has 0 saturated carbocycles. The molecule has 0 radical (unpaired) electrons. The first kappa shape index (κ1) is 25.4. The number of carbonyl (C=O) groups excluding carboxylic acids is 1. The van der Waals surface area contributed by atoms with Gasteiger partial charge in [0.2, 0.25) is 5.89 Å². The standard InChI is InChI=1S/C26H16Cl2N4O5S/c1-13-5-6-15(25-29-20-12-16(27)11-18(28)23(20)37-25)10-19(13)30-26(38)31-24(33)22-8-7-21(36-22)14-3-2-4-17(9-14)32(34)35/h2-12H,1H3,(H2,30,31,33,38). The quantitative estimate of drug-likeness (QED) is 0.128. The van der Waals surface area contributed by atoms with Crippen LogP contribution in [0.2, 0.25) is 10.0 Å². The van der Waals surface area contributed by atoms with Gasteiger partial charge in [-0.3, -0.25) is 20.2 Å². The Kier molecular flexibility index (Phi) is 6.85. The molecule has 0 atom stereocenters. The molecular weight excluding hydrogens is 551 g/mol. The summed E-state index contributed by atoms with van der Waals surface area (Å²) >= 11 is 17.6. The highest BCUT2D eigenvalue weighted by Crippen LogP contribution is 2.33. The lowest BCUT2D eigenvalue weighted by Gasteiger charge is -2.12. The van der Waals surface area contributed by atoms with Crippen LogP contribution in [0.1, 0.15) is 16.1 Å². The Balaban J connectivity index is 1.31. The molecule has 0 bridgehead atoms. The molecule has 0 spiro atoms. The van der Waals surface area contributed by atoms with Crippen molar-refractivity contribution in [2.75, 3.05) is 5.32 Å². The molecule has 1 amide bonds. The number of hydrogen-bond donors (Lipinski definition) is 2. The van der Waals surface area contributed by atoms with Crippen LogP contribution in [-0.2, 0) is 0 Å². The van der Waals surface area contributed by atoms with Crippen LogP contribution < -0.4 is 10.6 Å². The SMILES string of the molecule is Cc1ccc(-c2nc3cc(Cl)cc(Cl)c3o2)cc1NC(=S)NC(=O)c1ccc(-c2cccc([N+](=O)[O-])c2)o1. The number of nitrogens with one attached hydrogen (secondary N) is 2. The van der Waals surface area contributed by atoms with Crippen LogP contribution in [0.25, 0.3) is 33.9 Å². The van der Waals surface area contributed by atoms with Gasteiger partial charge < -0.3 is 14.2 Å². The normalized spacial score (nSPS) is 10.9. The van der Waals surface area contributed by atoms with Gasteiger partial charge in [0.25, 0.3) is 11.6 Å². The Morgan fingerprint density at radius 2 is 1.84 bits per heavy atom. The highest BCUT2D eigenvalue weighted by molar-refractivity contribution is 7.80. The average Bonchev–Trinajstić information content (AvgIpc) is 3.53. The molecule has 0 aliphatic rings. The number of amides is 1. The maximum Gasteiger partial charge on any atom is 0.293 e. The Morgan fingerprint density at radius 1 is 1.03 bits per heavy atom. The number of non-ortho nitro benzene ring substituents is 1. The molecule has 5 aromatic rings. The van der Waals surface area contributed by atoms with Gasteiger partial charge in [-0.05, 0) is 61.1 Å². The molecule has 0 fully saturated rings.